The van der Waals surface area contributed by atoms with Crippen LogP contribution in [0.4, 0.5) is 0 Å². The summed E-state index contributed by atoms with van der Waals surface area (Å²) in [5.41, 5.74) is 14.4. The number of pyridine rings is 2. The quantitative estimate of drug-likeness (QED) is 0.144. The van der Waals surface area contributed by atoms with Crippen LogP contribution < -0.4 is 5.46 Å². The SMILES string of the molecule is CC(=O)C1[C@H](C)CC2C3CCC4=CC(=O)CCC4=C3[C@@H](c3ccc(-c4cccnc4)cc3)C[C@@]21C.CC(=O)C1[C@H](C)CC2C3CCC4=CC(=O)CCC4=C3[C@@H](c3ccc(I)cc3)C[C@@]21C.OB(O)c1cccnc1. The Morgan fingerprint density at radius 2 is 1.07 bits per heavy atom. The van der Waals surface area contributed by atoms with Gasteiger partial charge in [-0.2, -0.15) is 0 Å². The van der Waals surface area contributed by atoms with Crippen LogP contribution in [-0.2, 0) is 19.2 Å². The van der Waals surface area contributed by atoms with Crippen molar-refractivity contribution in [1.82, 2.24) is 9.97 Å². The third-order valence-electron chi connectivity index (χ3n) is 19.6. The summed E-state index contributed by atoms with van der Waals surface area (Å²) < 4.78 is 1.26. The van der Waals surface area contributed by atoms with E-state index in [0.29, 0.717) is 83.0 Å². The molecule has 0 saturated heterocycles. The molecule has 8 aliphatic carbocycles. The van der Waals surface area contributed by atoms with Crippen molar-refractivity contribution in [3.63, 3.8) is 0 Å². The highest BCUT2D eigenvalue weighted by Crippen LogP contribution is 2.68. The molecule has 2 aromatic carbocycles. The normalized spacial score (nSPS) is 32.6. The molecule has 12 atom stereocenters. The largest absolute Gasteiger partial charge is 0.490 e. The number of carbonyl (C=O) groups excluding carboxylic acids is 4. The number of hydrogen-bond acceptors (Lipinski definition) is 8. The Hall–Kier alpha value is -4.91. The van der Waals surface area contributed by atoms with Crippen LogP contribution in [0.1, 0.15) is 142 Å². The van der Waals surface area contributed by atoms with Crippen molar-refractivity contribution >= 4 is 58.3 Å². The topological polar surface area (TPSA) is 135 Å². The molecule has 2 heterocycles. The van der Waals surface area contributed by atoms with Crippen LogP contribution in [0.5, 0.6) is 0 Å². The molecule has 0 radical (unpaired) electrons. The van der Waals surface area contributed by atoms with Crippen molar-refractivity contribution in [2.24, 2.45) is 58.2 Å². The average molecular weight is 1100 g/mol. The van der Waals surface area contributed by atoms with Crippen LogP contribution in [0.3, 0.4) is 0 Å². The molecule has 12 rings (SSSR count). The number of hydrogen-bond donors (Lipinski definition) is 2. The lowest BCUT2D eigenvalue weighted by molar-refractivity contribution is -0.127. The molecule has 4 fully saturated rings. The van der Waals surface area contributed by atoms with Crippen molar-refractivity contribution in [2.75, 3.05) is 0 Å². The van der Waals surface area contributed by atoms with Crippen molar-refractivity contribution in [3.8, 4) is 11.1 Å². The van der Waals surface area contributed by atoms with Crippen molar-refractivity contribution in [2.45, 2.75) is 130 Å². The molecule has 6 unspecified atom stereocenters. The van der Waals surface area contributed by atoms with Crippen molar-refractivity contribution in [3.05, 3.63) is 158 Å². The molecular weight excluding hydrogens is 1030 g/mol. The zero-order valence-electron chi connectivity index (χ0n) is 44.0. The van der Waals surface area contributed by atoms with Crippen LogP contribution in [0.2, 0.25) is 0 Å². The second-order valence-corrected chi connectivity index (χ2v) is 25.1. The van der Waals surface area contributed by atoms with Gasteiger partial charge in [0.2, 0.25) is 0 Å². The van der Waals surface area contributed by atoms with Crippen molar-refractivity contribution in [1.29, 1.82) is 0 Å². The number of Topliss-reactive ketones (excluding diaryl/α,β-unsaturated/α-hetero) is 2. The first-order chi connectivity index (χ1) is 35.5. The first-order valence-corrected chi connectivity index (χ1v) is 28.5. The van der Waals surface area contributed by atoms with Crippen LogP contribution in [-0.4, -0.2) is 50.3 Å². The van der Waals surface area contributed by atoms with Gasteiger partial charge in [0.05, 0.1) is 0 Å². The third kappa shape index (κ3) is 9.78. The predicted molar refractivity (Wildman–Crippen MR) is 301 cm³/mol. The number of halogens is 1. The van der Waals surface area contributed by atoms with Gasteiger partial charge in [-0.25, -0.2) is 0 Å². The molecule has 8 aliphatic rings. The maximum Gasteiger partial charge on any atom is 0.490 e. The highest BCUT2D eigenvalue weighted by atomic mass is 127. The summed E-state index contributed by atoms with van der Waals surface area (Å²) in [6, 6.07) is 25.4. The summed E-state index contributed by atoms with van der Waals surface area (Å²) in [6.45, 7) is 13.1. The number of fused-ring (bicyclic) bond motifs is 8. The van der Waals surface area contributed by atoms with Gasteiger partial charge in [-0.3, -0.25) is 29.1 Å². The Kier molecular flexibility index (Phi) is 15.1. The molecule has 0 amide bonds. The zero-order chi connectivity index (χ0) is 52.2. The number of rotatable bonds is 6. The van der Waals surface area contributed by atoms with E-state index in [-0.39, 0.29) is 28.4 Å². The van der Waals surface area contributed by atoms with Gasteiger partial charge in [-0.05, 0) is 228 Å². The summed E-state index contributed by atoms with van der Waals surface area (Å²) in [5.74, 6) is 5.42. The highest BCUT2D eigenvalue weighted by Gasteiger charge is 2.61. The van der Waals surface area contributed by atoms with E-state index in [1.165, 1.54) is 55.2 Å². The molecule has 384 valence electrons. The fraction of sp³-hybridized carbons (Fsp3) is 0.469. The van der Waals surface area contributed by atoms with E-state index in [0.717, 1.165) is 63.4 Å². The van der Waals surface area contributed by atoms with E-state index in [4.69, 9.17) is 10.0 Å². The van der Waals surface area contributed by atoms with Gasteiger partial charge in [0.25, 0.3) is 0 Å². The zero-order valence-corrected chi connectivity index (χ0v) is 46.2. The average Bonchev–Trinajstić information content (AvgIpc) is 3.84. The summed E-state index contributed by atoms with van der Waals surface area (Å²) in [6.07, 6.45) is 22.3. The predicted octanol–water partition coefficient (Wildman–Crippen LogP) is 12.5. The lowest BCUT2D eigenvalue weighted by Gasteiger charge is -2.52. The van der Waals surface area contributed by atoms with Gasteiger partial charge in [-0.1, -0.05) is 87.4 Å². The number of nitrogens with zero attached hydrogens (tertiary/aromatic N) is 2. The van der Waals surface area contributed by atoms with E-state index in [1.54, 1.807) is 29.5 Å². The summed E-state index contributed by atoms with van der Waals surface area (Å²) >= 11 is 2.38. The molecule has 0 aliphatic heterocycles. The Balaban J connectivity index is 0.000000146. The van der Waals surface area contributed by atoms with Crippen LogP contribution >= 0.6 is 22.6 Å². The van der Waals surface area contributed by atoms with Crippen LogP contribution in [0, 0.1) is 61.7 Å². The lowest BCUT2D eigenvalue weighted by atomic mass is 9.51. The highest BCUT2D eigenvalue weighted by molar-refractivity contribution is 14.1. The number of carbonyl (C=O) groups is 4. The number of allylic oxidation sites excluding steroid dienone is 8. The van der Waals surface area contributed by atoms with Gasteiger partial charge in [0, 0.05) is 70.3 Å². The molecular formula is C64H72BIN2O6. The standard InChI is InChI=1S/C32H35NO2.C27H31IO2.C5H6BNO2/c1-19-15-29-27-12-10-23-16-25(35)11-13-26(23)30(27)28(17-32(29,3)31(19)20(2)34)22-8-6-21(7-9-22)24-5-4-14-33-18-24;1-15-12-24-22-10-6-18-13-20(30)9-11-21(18)25(22)23(17-4-7-19(28)8-5-17)14-27(24,3)26(15)16(2)29;8-6(9)5-2-1-3-7-4-5/h4-9,14,16,18-19,27-29,31H,10-13,15,17H2,1-3H3;4-5,7-8,13,15,22-24,26H,6,9-12,14H2,1-3H3;1-4,8-9H/t19-,27?,28-,29?,31?,32+;15-,22?,23-,24?,26?,27+;/m11./s1. The van der Waals surface area contributed by atoms with Crippen LogP contribution in [0.25, 0.3) is 11.1 Å². The second kappa shape index (κ2) is 21.3. The van der Waals surface area contributed by atoms with E-state index in [1.807, 2.05) is 44.5 Å². The molecule has 8 nitrogen and oxygen atoms in total. The van der Waals surface area contributed by atoms with E-state index in [9.17, 15) is 19.2 Å². The summed E-state index contributed by atoms with van der Waals surface area (Å²) in [5, 5.41) is 17.1. The minimum Gasteiger partial charge on any atom is -0.423 e. The molecule has 0 spiro atoms. The fourth-order valence-corrected chi connectivity index (χ4v) is 17.4. The van der Waals surface area contributed by atoms with Gasteiger partial charge in [0.15, 0.2) is 11.6 Å². The number of benzene rings is 2. The fourth-order valence-electron chi connectivity index (χ4n) is 17.1. The first kappa shape index (κ1) is 52.5. The minimum absolute atomic E-state index is 0.0262. The maximum atomic E-state index is 12.9. The van der Waals surface area contributed by atoms with E-state index < -0.39 is 7.12 Å². The first-order valence-electron chi connectivity index (χ1n) is 27.4. The van der Waals surface area contributed by atoms with Crippen LogP contribution in [0.15, 0.2) is 143 Å². The maximum absolute atomic E-state index is 12.9. The third-order valence-corrected chi connectivity index (χ3v) is 20.3. The summed E-state index contributed by atoms with van der Waals surface area (Å²) in [7, 11) is -1.40. The van der Waals surface area contributed by atoms with Gasteiger partial charge in [0.1, 0.15) is 11.6 Å². The van der Waals surface area contributed by atoms with E-state index >= 15 is 0 Å². The monoisotopic (exact) mass is 1100 g/mol. The Bertz CT molecular complexity index is 2950. The summed E-state index contributed by atoms with van der Waals surface area (Å²) in [4.78, 5) is 58.0. The van der Waals surface area contributed by atoms with Gasteiger partial charge < -0.3 is 10.0 Å². The Morgan fingerprint density at radius 3 is 1.47 bits per heavy atom. The molecule has 2 aromatic heterocycles. The molecule has 74 heavy (non-hydrogen) atoms. The lowest BCUT2D eigenvalue weighted by Crippen LogP contribution is -2.45. The molecule has 0 bridgehead atoms. The number of aromatic nitrogens is 2. The molecule has 4 saturated carbocycles. The van der Waals surface area contributed by atoms with Gasteiger partial charge >= 0.3 is 7.12 Å². The Morgan fingerprint density at radius 1 is 0.608 bits per heavy atom. The number of ketones is 4. The smallest absolute Gasteiger partial charge is 0.423 e. The Labute approximate surface area is 452 Å². The van der Waals surface area contributed by atoms with Gasteiger partial charge in [-0.15, -0.1) is 0 Å². The minimum atomic E-state index is -1.40. The molecule has 2 N–H and O–H groups in total. The van der Waals surface area contributed by atoms with Crippen molar-refractivity contribution < 1.29 is 29.2 Å². The van der Waals surface area contributed by atoms with E-state index in [2.05, 4.69) is 115 Å². The molecule has 4 aromatic rings. The second-order valence-electron chi connectivity index (χ2n) is 23.8. The molecule has 10 heteroatoms.